The van der Waals surface area contributed by atoms with Crippen LogP contribution in [0.1, 0.15) is 28.8 Å². The van der Waals surface area contributed by atoms with Gasteiger partial charge in [0.2, 0.25) is 5.91 Å². The number of likely N-dealkylation sites (N-methyl/N-ethyl adjacent to an activating group) is 1. The lowest BCUT2D eigenvalue weighted by atomic mass is 10.1. The summed E-state index contributed by atoms with van der Waals surface area (Å²) < 4.78 is 0. The Morgan fingerprint density at radius 1 is 1.42 bits per heavy atom. The van der Waals surface area contributed by atoms with Crippen LogP contribution in [0.5, 0.6) is 5.75 Å². The minimum absolute atomic E-state index is 0.0322. The van der Waals surface area contributed by atoms with Crippen LogP contribution < -0.4 is 5.32 Å². The Morgan fingerprint density at radius 2 is 2.11 bits per heavy atom. The molecule has 0 aromatic heterocycles. The third kappa shape index (κ3) is 3.24. The molecule has 2 amide bonds. The number of benzene rings is 1. The maximum atomic E-state index is 12.2. The molecule has 5 heteroatoms. The van der Waals surface area contributed by atoms with E-state index in [2.05, 4.69) is 5.32 Å². The third-order valence-corrected chi connectivity index (χ3v) is 3.21. The molecule has 0 bridgehead atoms. The number of hydrogen-bond donors (Lipinski definition) is 2. The Kier molecular flexibility index (Phi) is 3.74. The van der Waals surface area contributed by atoms with E-state index >= 15 is 0 Å². The molecule has 0 atom stereocenters. The molecule has 0 spiro atoms. The largest absolute Gasteiger partial charge is 0.508 e. The van der Waals surface area contributed by atoms with E-state index < -0.39 is 0 Å². The molecule has 1 fully saturated rings. The fourth-order valence-electron chi connectivity index (χ4n) is 1.85. The van der Waals surface area contributed by atoms with Gasteiger partial charge in [-0.2, -0.15) is 0 Å². The van der Waals surface area contributed by atoms with Gasteiger partial charge in [0.1, 0.15) is 5.75 Å². The van der Waals surface area contributed by atoms with Crippen LogP contribution >= 0.6 is 0 Å². The second-order valence-electron chi connectivity index (χ2n) is 4.95. The van der Waals surface area contributed by atoms with Crippen molar-refractivity contribution in [2.75, 3.05) is 13.6 Å². The summed E-state index contributed by atoms with van der Waals surface area (Å²) in [7, 11) is 1.58. The van der Waals surface area contributed by atoms with Crippen LogP contribution in [-0.4, -0.2) is 41.5 Å². The first-order valence-corrected chi connectivity index (χ1v) is 6.32. The smallest absolute Gasteiger partial charge is 0.254 e. The first-order chi connectivity index (χ1) is 8.99. The molecule has 1 saturated carbocycles. The highest BCUT2D eigenvalue weighted by Gasteiger charge is 2.25. The van der Waals surface area contributed by atoms with E-state index in [9.17, 15) is 14.7 Å². The van der Waals surface area contributed by atoms with Crippen molar-refractivity contribution < 1.29 is 14.7 Å². The Bertz CT molecular complexity index is 509. The highest BCUT2D eigenvalue weighted by atomic mass is 16.3. The standard InChI is InChI=1S/C14H18N2O3/c1-9-11(4-3-5-12(9)17)14(19)16(2)8-13(18)15-10-6-7-10/h3-5,10,17H,6-8H2,1-2H3,(H,15,18). The van der Waals surface area contributed by atoms with Gasteiger partial charge in [0.05, 0.1) is 6.54 Å². The molecule has 1 aliphatic rings. The van der Waals surface area contributed by atoms with Crippen LogP contribution in [0.2, 0.25) is 0 Å². The third-order valence-electron chi connectivity index (χ3n) is 3.21. The maximum absolute atomic E-state index is 12.2. The molecule has 5 nitrogen and oxygen atoms in total. The van der Waals surface area contributed by atoms with Crippen LogP contribution in [-0.2, 0) is 4.79 Å². The number of amides is 2. The van der Waals surface area contributed by atoms with Crippen molar-refractivity contribution in [2.24, 2.45) is 0 Å². The zero-order chi connectivity index (χ0) is 14.0. The monoisotopic (exact) mass is 262 g/mol. The summed E-state index contributed by atoms with van der Waals surface area (Å²) in [5, 5.41) is 12.4. The Hall–Kier alpha value is -2.04. The van der Waals surface area contributed by atoms with Gasteiger partial charge in [-0.3, -0.25) is 9.59 Å². The van der Waals surface area contributed by atoms with Crippen LogP contribution in [0.4, 0.5) is 0 Å². The molecular weight excluding hydrogens is 244 g/mol. The summed E-state index contributed by atoms with van der Waals surface area (Å²) in [4.78, 5) is 25.2. The van der Waals surface area contributed by atoms with Gasteiger partial charge in [0, 0.05) is 24.2 Å². The molecule has 0 radical (unpaired) electrons. The van der Waals surface area contributed by atoms with Gasteiger partial charge >= 0.3 is 0 Å². The van der Waals surface area contributed by atoms with Crippen molar-refractivity contribution in [3.8, 4) is 5.75 Å². The topological polar surface area (TPSA) is 69.6 Å². The second kappa shape index (κ2) is 5.30. The SMILES string of the molecule is Cc1c(O)cccc1C(=O)N(C)CC(=O)NC1CC1. The van der Waals surface area contributed by atoms with Crippen molar-refractivity contribution in [3.05, 3.63) is 29.3 Å². The van der Waals surface area contributed by atoms with E-state index in [1.165, 1.54) is 11.0 Å². The molecule has 1 aliphatic carbocycles. The zero-order valence-corrected chi connectivity index (χ0v) is 11.1. The Labute approximate surface area is 112 Å². The number of rotatable bonds is 4. The molecule has 2 rings (SSSR count). The minimum Gasteiger partial charge on any atom is -0.508 e. The van der Waals surface area contributed by atoms with E-state index in [4.69, 9.17) is 0 Å². The predicted octanol–water partition coefficient (Wildman–Crippen LogP) is 1.05. The van der Waals surface area contributed by atoms with Crippen LogP contribution in [0.15, 0.2) is 18.2 Å². The van der Waals surface area contributed by atoms with Crippen molar-refractivity contribution in [2.45, 2.75) is 25.8 Å². The van der Waals surface area contributed by atoms with Crippen LogP contribution in [0.3, 0.4) is 0 Å². The van der Waals surface area contributed by atoms with Crippen molar-refractivity contribution in [1.82, 2.24) is 10.2 Å². The summed E-state index contributed by atoms with van der Waals surface area (Å²) in [5.41, 5.74) is 0.948. The van der Waals surface area contributed by atoms with Gasteiger partial charge < -0.3 is 15.3 Å². The number of carbonyl (C=O) groups is 2. The summed E-state index contributed by atoms with van der Waals surface area (Å²) in [6.45, 7) is 1.71. The van der Waals surface area contributed by atoms with E-state index in [1.807, 2.05) is 0 Å². The van der Waals surface area contributed by atoms with Gasteiger partial charge in [-0.25, -0.2) is 0 Å². The van der Waals surface area contributed by atoms with E-state index in [0.29, 0.717) is 17.2 Å². The fourth-order valence-corrected chi connectivity index (χ4v) is 1.85. The van der Waals surface area contributed by atoms with E-state index in [0.717, 1.165) is 12.8 Å². The summed E-state index contributed by atoms with van der Waals surface area (Å²) in [5.74, 6) is -0.322. The summed E-state index contributed by atoms with van der Waals surface area (Å²) in [6.07, 6.45) is 2.05. The molecule has 1 aromatic rings. The van der Waals surface area contributed by atoms with Crippen LogP contribution in [0.25, 0.3) is 0 Å². The molecule has 0 heterocycles. The van der Waals surface area contributed by atoms with E-state index in [1.54, 1.807) is 26.1 Å². The minimum atomic E-state index is -0.264. The molecule has 102 valence electrons. The number of hydrogen-bond acceptors (Lipinski definition) is 3. The molecule has 2 N–H and O–H groups in total. The van der Waals surface area contributed by atoms with Crippen molar-refractivity contribution in [3.63, 3.8) is 0 Å². The average molecular weight is 262 g/mol. The quantitative estimate of drug-likeness (QED) is 0.852. The van der Waals surface area contributed by atoms with Gasteiger partial charge in [-0.1, -0.05) is 6.07 Å². The van der Waals surface area contributed by atoms with Gasteiger partial charge in [0.25, 0.3) is 5.91 Å². The number of phenols is 1. The number of nitrogens with zero attached hydrogens (tertiary/aromatic N) is 1. The Morgan fingerprint density at radius 3 is 2.74 bits per heavy atom. The lowest BCUT2D eigenvalue weighted by molar-refractivity contribution is -0.121. The van der Waals surface area contributed by atoms with Gasteiger partial charge in [0.15, 0.2) is 0 Å². The number of nitrogens with one attached hydrogen (secondary N) is 1. The molecule has 1 aromatic carbocycles. The van der Waals surface area contributed by atoms with Crippen LogP contribution in [0, 0.1) is 6.92 Å². The van der Waals surface area contributed by atoms with Gasteiger partial charge in [-0.05, 0) is 31.9 Å². The normalized spacial score (nSPS) is 14.0. The van der Waals surface area contributed by atoms with Crippen molar-refractivity contribution in [1.29, 1.82) is 0 Å². The molecule has 0 saturated heterocycles. The highest BCUT2D eigenvalue weighted by molar-refractivity contribution is 5.98. The molecule has 19 heavy (non-hydrogen) atoms. The first-order valence-electron chi connectivity index (χ1n) is 6.32. The van der Waals surface area contributed by atoms with E-state index in [-0.39, 0.29) is 24.1 Å². The summed E-state index contributed by atoms with van der Waals surface area (Å²) in [6, 6.07) is 5.09. The highest BCUT2D eigenvalue weighted by Crippen LogP contribution is 2.21. The zero-order valence-electron chi connectivity index (χ0n) is 11.1. The average Bonchev–Trinajstić information content (AvgIpc) is 3.15. The molecular formula is C14H18N2O3. The molecule has 0 unspecified atom stereocenters. The number of carbonyl (C=O) groups excluding carboxylic acids is 2. The van der Waals surface area contributed by atoms with Crippen molar-refractivity contribution >= 4 is 11.8 Å². The maximum Gasteiger partial charge on any atom is 0.254 e. The second-order valence-corrected chi connectivity index (χ2v) is 4.95. The Balaban J connectivity index is 2.01. The number of phenolic OH excluding ortho intramolecular Hbond substituents is 1. The fraction of sp³-hybridized carbons (Fsp3) is 0.429. The van der Waals surface area contributed by atoms with Gasteiger partial charge in [-0.15, -0.1) is 0 Å². The lowest BCUT2D eigenvalue weighted by Gasteiger charge is -2.18. The summed E-state index contributed by atoms with van der Waals surface area (Å²) >= 11 is 0. The molecule has 0 aliphatic heterocycles. The lowest BCUT2D eigenvalue weighted by Crippen LogP contribution is -2.39. The predicted molar refractivity (Wildman–Crippen MR) is 71.0 cm³/mol. The number of aromatic hydroxyl groups is 1. The first kappa shape index (κ1) is 13.4.